The molecule has 8 heteroatoms. The van der Waals surface area contributed by atoms with Crippen LogP contribution in [0.4, 0.5) is 13.2 Å². The SMILES string of the molecule is [2H][C@@](C)(c1c(OC(F)F)ccc(F)c1Cl)c1c[nH]c2ncc(Br)cc12. The molecule has 0 bridgehead atoms. The third-order valence-electron chi connectivity index (χ3n) is 3.55. The summed E-state index contributed by atoms with van der Waals surface area (Å²) < 4.78 is 53.3. The number of halogens is 5. The Balaban J connectivity index is 2.26. The van der Waals surface area contributed by atoms with Crippen molar-refractivity contribution in [2.24, 2.45) is 0 Å². The largest absolute Gasteiger partial charge is 0.434 e. The van der Waals surface area contributed by atoms with E-state index in [1.807, 2.05) is 0 Å². The summed E-state index contributed by atoms with van der Waals surface area (Å²) in [6, 6.07) is 3.69. The second-order valence-corrected chi connectivity index (χ2v) is 6.28. The molecule has 1 N–H and O–H groups in total. The predicted octanol–water partition coefficient (Wildman–Crippen LogP) is 5.87. The molecule has 0 radical (unpaired) electrons. The summed E-state index contributed by atoms with van der Waals surface area (Å²) in [7, 11) is 0. The van der Waals surface area contributed by atoms with Gasteiger partial charge in [0, 0.05) is 35.1 Å². The Kier molecular flexibility index (Phi) is 4.37. The zero-order valence-electron chi connectivity index (χ0n) is 13.2. The molecule has 0 unspecified atom stereocenters. The average Bonchev–Trinajstić information content (AvgIpc) is 2.94. The first-order valence-electron chi connectivity index (χ1n) is 7.28. The molecule has 0 spiro atoms. The predicted molar refractivity (Wildman–Crippen MR) is 89.4 cm³/mol. The summed E-state index contributed by atoms with van der Waals surface area (Å²) in [4.78, 5) is 7.08. The van der Waals surface area contributed by atoms with Gasteiger partial charge in [0.15, 0.2) is 0 Å². The van der Waals surface area contributed by atoms with E-state index in [1.165, 1.54) is 13.1 Å². The lowest BCUT2D eigenvalue weighted by Crippen LogP contribution is -2.08. The van der Waals surface area contributed by atoms with Crippen LogP contribution in [0.25, 0.3) is 11.0 Å². The third-order valence-corrected chi connectivity index (χ3v) is 4.35. The van der Waals surface area contributed by atoms with Gasteiger partial charge in [-0.05, 0) is 39.7 Å². The van der Waals surface area contributed by atoms with Crippen molar-refractivity contribution in [3.05, 3.63) is 57.0 Å². The number of nitrogens with zero attached hydrogens (tertiary/aromatic N) is 1. The summed E-state index contributed by atoms with van der Waals surface area (Å²) >= 11 is 9.31. The molecule has 24 heavy (non-hydrogen) atoms. The highest BCUT2D eigenvalue weighted by molar-refractivity contribution is 9.10. The normalized spacial score (nSPS) is 14.7. The van der Waals surface area contributed by atoms with Crippen LogP contribution in [0.1, 0.15) is 25.3 Å². The minimum absolute atomic E-state index is 0.185. The van der Waals surface area contributed by atoms with Crippen LogP contribution in [0.3, 0.4) is 0 Å². The lowest BCUT2D eigenvalue weighted by molar-refractivity contribution is -0.0505. The maximum absolute atomic E-state index is 14.0. The minimum atomic E-state index is -3.13. The third kappa shape index (κ3) is 3.10. The van der Waals surface area contributed by atoms with Crippen LogP contribution in [0, 0.1) is 5.82 Å². The van der Waals surface area contributed by atoms with Crippen molar-refractivity contribution in [1.82, 2.24) is 9.97 Å². The smallest absolute Gasteiger partial charge is 0.387 e. The number of rotatable bonds is 4. The summed E-state index contributed by atoms with van der Waals surface area (Å²) in [6.45, 7) is -1.70. The number of pyridine rings is 1. The summed E-state index contributed by atoms with van der Waals surface area (Å²) in [5, 5.41) is 0.142. The Morgan fingerprint density at radius 3 is 2.88 bits per heavy atom. The van der Waals surface area contributed by atoms with E-state index in [4.69, 9.17) is 13.0 Å². The van der Waals surface area contributed by atoms with Crippen molar-refractivity contribution in [3.63, 3.8) is 0 Å². The summed E-state index contributed by atoms with van der Waals surface area (Å²) in [5.74, 6) is -2.85. The number of hydrogen-bond acceptors (Lipinski definition) is 2. The number of benzene rings is 1. The standard InChI is InChI=1S/C16H11BrClF3N2O/c1-7(10-6-23-15-9(10)4-8(17)5-22-15)13-12(24-16(20)21)3-2-11(19)14(13)18/h2-7,16H,1H3,(H,22,23)/t7-/m0/s1/i7D. The van der Waals surface area contributed by atoms with E-state index in [1.54, 1.807) is 12.3 Å². The Hall–Kier alpha value is -1.73. The Morgan fingerprint density at radius 2 is 2.17 bits per heavy atom. The van der Waals surface area contributed by atoms with Gasteiger partial charge < -0.3 is 9.72 Å². The molecular formula is C16H11BrClF3N2O. The van der Waals surface area contributed by atoms with Crippen LogP contribution in [0.5, 0.6) is 5.75 Å². The lowest BCUT2D eigenvalue weighted by atomic mass is 9.92. The van der Waals surface area contributed by atoms with Crippen LogP contribution >= 0.6 is 27.5 Å². The second-order valence-electron chi connectivity index (χ2n) is 4.99. The van der Waals surface area contributed by atoms with Crippen LogP contribution in [-0.2, 0) is 0 Å². The van der Waals surface area contributed by atoms with Gasteiger partial charge in [-0.2, -0.15) is 8.78 Å². The molecule has 0 saturated heterocycles. The highest BCUT2D eigenvalue weighted by atomic mass is 79.9. The zero-order chi connectivity index (χ0) is 18.4. The zero-order valence-corrected chi connectivity index (χ0v) is 14.6. The van der Waals surface area contributed by atoms with E-state index >= 15 is 0 Å². The van der Waals surface area contributed by atoms with Gasteiger partial charge in [0.05, 0.1) is 5.02 Å². The molecule has 3 aromatic rings. The first kappa shape index (κ1) is 15.8. The lowest BCUT2D eigenvalue weighted by Gasteiger charge is -2.18. The Bertz CT molecular complexity index is 949. The van der Waals surface area contributed by atoms with Gasteiger partial charge in [0.25, 0.3) is 0 Å². The molecule has 126 valence electrons. The van der Waals surface area contributed by atoms with Gasteiger partial charge in [0.1, 0.15) is 17.2 Å². The average molecular weight is 421 g/mol. The molecular weight excluding hydrogens is 409 g/mol. The molecule has 1 aromatic carbocycles. The van der Waals surface area contributed by atoms with E-state index in [0.29, 0.717) is 21.1 Å². The van der Waals surface area contributed by atoms with Gasteiger partial charge >= 0.3 is 6.61 Å². The van der Waals surface area contributed by atoms with E-state index in [2.05, 4.69) is 30.6 Å². The van der Waals surface area contributed by atoms with E-state index in [9.17, 15) is 13.2 Å². The number of aromatic nitrogens is 2. The molecule has 0 aliphatic heterocycles. The molecule has 0 aliphatic rings. The quantitative estimate of drug-likeness (QED) is 0.573. The number of ether oxygens (including phenoxy) is 1. The number of nitrogens with one attached hydrogen (secondary N) is 1. The summed E-state index contributed by atoms with van der Waals surface area (Å²) in [6.07, 6.45) is 3.09. The molecule has 3 rings (SSSR count). The second kappa shape index (κ2) is 6.64. The van der Waals surface area contributed by atoms with Crippen molar-refractivity contribution in [2.75, 3.05) is 0 Å². The van der Waals surface area contributed by atoms with Crippen molar-refractivity contribution < 1.29 is 19.3 Å². The van der Waals surface area contributed by atoms with Crippen LogP contribution in [0.2, 0.25) is 5.02 Å². The monoisotopic (exact) mass is 419 g/mol. The molecule has 0 amide bonds. The topological polar surface area (TPSA) is 37.9 Å². The van der Waals surface area contributed by atoms with Gasteiger partial charge in [-0.25, -0.2) is 9.37 Å². The first-order chi connectivity index (χ1) is 11.7. The van der Waals surface area contributed by atoms with Crippen molar-refractivity contribution in [2.45, 2.75) is 19.4 Å². The summed E-state index contributed by atoms with van der Waals surface area (Å²) in [5.41, 5.74) is 0.707. The fraction of sp³-hybridized carbons (Fsp3) is 0.188. The van der Waals surface area contributed by atoms with E-state index in [0.717, 1.165) is 12.1 Å². The van der Waals surface area contributed by atoms with Crippen molar-refractivity contribution >= 4 is 38.6 Å². The number of fused-ring (bicyclic) bond motifs is 1. The highest BCUT2D eigenvalue weighted by Crippen LogP contribution is 2.41. The maximum Gasteiger partial charge on any atom is 0.387 e. The van der Waals surface area contributed by atoms with Crippen LogP contribution in [0.15, 0.2) is 35.1 Å². The van der Waals surface area contributed by atoms with Gasteiger partial charge in [-0.3, -0.25) is 0 Å². The minimum Gasteiger partial charge on any atom is -0.434 e. The van der Waals surface area contributed by atoms with E-state index in [-0.39, 0.29) is 11.3 Å². The number of hydrogen-bond donors (Lipinski definition) is 1. The molecule has 0 aliphatic carbocycles. The van der Waals surface area contributed by atoms with Crippen molar-refractivity contribution in [1.29, 1.82) is 0 Å². The first-order valence-corrected chi connectivity index (χ1v) is 7.95. The molecule has 1 atom stereocenters. The van der Waals surface area contributed by atoms with E-state index < -0.39 is 23.3 Å². The number of aromatic amines is 1. The van der Waals surface area contributed by atoms with Crippen molar-refractivity contribution in [3.8, 4) is 5.75 Å². The molecule has 0 fully saturated rings. The van der Waals surface area contributed by atoms with Crippen LogP contribution < -0.4 is 4.74 Å². The molecule has 3 nitrogen and oxygen atoms in total. The molecule has 2 heterocycles. The molecule has 0 saturated carbocycles. The number of alkyl halides is 2. The number of H-pyrrole nitrogens is 1. The molecule has 2 aromatic heterocycles. The Morgan fingerprint density at radius 1 is 1.42 bits per heavy atom. The van der Waals surface area contributed by atoms with Crippen LogP contribution in [-0.4, -0.2) is 16.6 Å². The highest BCUT2D eigenvalue weighted by Gasteiger charge is 2.24. The van der Waals surface area contributed by atoms with Gasteiger partial charge in [0.2, 0.25) is 0 Å². The maximum atomic E-state index is 14.0. The Labute approximate surface area is 150 Å². The fourth-order valence-electron chi connectivity index (χ4n) is 2.50. The fourth-order valence-corrected chi connectivity index (χ4v) is 3.13. The van der Waals surface area contributed by atoms with Gasteiger partial charge in [-0.15, -0.1) is 0 Å². The van der Waals surface area contributed by atoms with Gasteiger partial charge in [-0.1, -0.05) is 18.5 Å².